The number of ether oxygens (including phenoxy) is 1. The van der Waals surface area contributed by atoms with Crippen molar-refractivity contribution in [1.82, 2.24) is 4.90 Å². The first-order valence-electron chi connectivity index (χ1n) is 17.3. The van der Waals surface area contributed by atoms with Crippen molar-refractivity contribution in [2.45, 2.75) is 30.7 Å². The maximum atomic E-state index is 15.1. The Labute approximate surface area is 290 Å². The van der Waals surface area contributed by atoms with E-state index in [1.54, 1.807) is 0 Å². The number of likely N-dealkylation sites (tertiary alicyclic amines) is 1. The van der Waals surface area contributed by atoms with Crippen LogP contribution in [0.25, 0.3) is 5.57 Å². The topological polar surface area (TPSA) is 101 Å². The molecular weight excluding hydrogens is 626 g/mol. The van der Waals surface area contributed by atoms with Crippen LogP contribution in [0.15, 0.2) is 133 Å². The Morgan fingerprint density at radius 2 is 1.42 bits per heavy atom. The van der Waals surface area contributed by atoms with Crippen LogP contribution in [0.3, 0.4) is 0 Å². The van der Waals surface area contributed by atoms with Crippen molar-refractivity contribution < 1.29 is 29.0 Å². The van der Waals surface area contributed by atoms with E-state index >= 15 is 9.59 Å². The fraction of sp³-hybridized carbons (Fsp3) is 0.256. The van der Waals surface area contributed by atoms with Crippen molar-refractivity contribution in [1.29, 1.82) is 0 Å². The molecule has 1 heterocycles. The van der Waals surface area contributed by atoms with Gasteiger partial charge in [-0.1, -0.05) is 115 Å². The van der Waals surface area contributed by atoms with Gasteiger partial charge in [-0.2, -0.15) is 0 Å². The Balaban J connectivity index is 1.31. The molecule has 2 amide bonds. The SMILES string of the molecule is O=C1C(c2ccccc2)=CC(=O)C2(c3ccccc3)C1CC1C(=CCC3C(=O)N(Cc4ccccc4)C(=O)C31)C2c1ccc(OCCO)cc1. The Kier molecular flexibility index (Phi) is 8.16. The molecule has 8 rings (SSSR count). The van der Waals surface area contributed by atoms with E-state index < -0.39 is 35.0 Å². The summed E-state index contributed by atoms with van der Waals surface area (Å²) in [5, 5.41) is 9.32. The van der Waals surface area contributed by atoms with Crippen LogP contribution in [0.2, 0.25) is 0 Å². The van der Waals surface area contributed by atoms with Crippen LogP contribution in [0.4, 0.5) is 0 Å². The molecule has 0 radical (unpaired) electrons. The number of rotatable bonds is 8. The number of fused-ring (bicyclic) bond motifs is 4. The second-order valence-corrected chi connectivity index (χ2v) is 13.7. The molecule has 0 bridgehead atoms. The fourth-order valence-electron chi connectivity index (χ4n) is 9.16. The van der Waals surface area contributed by atoms with E-state index in [1.807, 2.05) is 115 Å². The number of carbonyl (C=O) groups excluding carboxylic acids is 4. The standard InChI is InChI=1S/C43H37NO6/c45-22-23-50-31-18-16-29(17-19-31)39-32-20-21-33-38(42(49)44(41(33)48)26-27-10-4-1-5-11-27)35(32)24-36-40(47)34(28-12-6-2-7-13-28)25-37(46)43(36,39)30-14-8-3-9-15-30/h1-20,25,33,35-36,38-39,45H,21-24,26H2. The van der Waals surface area contributed by atoms with E-state index in [0.29, 0.717) is 23.3 Å². The van der Waals surface area contributed by atoms with Crippen molar-refractivity contribution in [2.24, 2.45) is 23.7 Å². The monoisotopic (exact) mass is 663 g/mol. The van der Waals surface area contributed by atoms with Gasteiger partial charge in [0.25, 0.3) is 0 Å². The number of carbonyl (C=O) groups is 4. The van der Waals surface area contributed by atoms with Crippen LogP contribution < -0.4 is 4.74 Å². The third-order valence-corrected chi connectivity index (χ3v) is 11.2. The van der Waals surface area contributed by atoms with Gasteiger partial charge >= 0.3 is 0 Å². The van der Waals surface area contributed by atoms with Gasteiger partial charge in [-0.05, 0) is 59.2 Å². The van der Waals surface area contributed by atoms with E-state index in [4.69, 9.17) is 4.74 Å². The lowest BCUT2D eigenvalue weighted by molar-refractivity contribution is -0.141. The van der Waals surface area contributed by atoms with Gasteiger partial charge in [-0.15, -0.1) is 0 Å². The highest BCUT2D eigenvalue weighted by Crippen LogP contribution is 2.63. The van der Waals surface area contributed by atoms with E-state index in [1.165, 1.54) is 11.0 Å². The summed E-state index contributed by atoms with van der Waals surface area (Å²) >= 11 is 0. The van der Waals surface area contributed by atoms with Crippen molar-refractivity contribution in [3.8, 4) is 5.75 Å². The van der Waals surface area contributed by atoms with E-state index in [9.17, 15) is 14.7 Å². The summed E-state index contributed by atoms with van der Waals surface area (Å²) in [6, 6.07) is 35.8. The third-order valence-electron chi connectivity index (χ3n) is 11.2. The summed E-state index contributed by atoms with van der Waals surface area (Å²) in [7, 11) is 0. The van der Waals surface area contributed by atoms with Crippen LogP contribution in [0.1, 0.15) is 41.0 Å². The van der Waals surface area contributed by atoms with Crippen LogP contribution in [0, 0.1) is 23.7 Å². The van der Waals surface area contributed by atoms with Crippen molar-refractivity contribution >= 4 is 29.0 Å². The quantitative estimate of drug-likeness (QED) is 0.181. The summed E-state index contributed by atoms with van der Waals surface area (Å²) in [4.78, 5) is 59.9. The molecule has 2 fully saturated rings. The molecule has 6 atom stereocenters. The number of benzene rings is 4. The van der Waals surface area contributed by atoms with E-state index in [2.05, 4.69) is 6.08 Å². The van der Waals surface area contributed by atoms with Crippen LogP contribution >= 0.6 is 0 Å². The average molecular weight is 664 g/mol. The fourth-order valence-corrected chi connectivity index (χ4v) is 9.16. The zero-order chi connectivity index (χ0) is 34.4. The molecule has 4 aromatic carbocycles. The molecule has 7 nitrogen and oxygen atoms in total. The molecule has 250 valence electrons. The number of amides is 2. The highest BCUT2D eigenvalue weighted by atomic mass is 16.5. The second-order valence-electron chi connectivity index (χ2n) is 13.7. The lowest BCUT2D eigenvalue weighted by atomic mass is 9.44. The first-order chi connectivity index (χ1) is 24.4. The molecular formula is C43H37NO6. The summed E-state index contributed by atoms with van der Waals surface area (Å²) in [6.45, 7) is 0.216. The molecule has 4 aliphatic rings. The summed E-state index contributed by atoms with van der Waals surface area (Å²) in [5.74, 6) is -3.08. The molecule has 6 unspecified atom stereocenters. The smallest absolute Gasteiger partial charge is 0.234 e. The Hall–Kier alpha value is -5.40. The number of Topliss-reactive ketones (excluding diaryl/α,β-unsaturated/α-hetero) is 1. The van der Waals surface area contributed by atoms with Gasteiger partial charge in [0.2, 0.25) is 11.8 Å². The molecule has 7 heteroatoms. The Morgan fingerprint density at radius 3 is 2.10 bits per heavy atom. The first-order valence-corrected chi connectivity index (χ1v) is 17.3. The molecule has 0 spiro atoms. The summed E-state index contributed by atoms with van der Waals surface area (Å²) in [6.07, 6.45) is 4.26. The maximum Gasteiger partial charge on any atom is 0.234 e. The minimum atomic E-state index is -1.28. The van der Waals surface area contributed by atoms with Gasteiger partial charge in [0.1, 0.15) is 12.4 Å². The number of allylic oxidation sites excluding steroid dienone is 4. The molecule has 50 heavy (non-hydrogen) atoms. The largest absolute Gasteiger partial charge is 0.491 e. The second kappa shape index (κ2) is 12.8. The van der Waals surface area contributed by atoms with E-state index in [-0.39, 0.29) is 49.6 Å². The van der Waals surface area contributed by atoms with Crippen LogP contribution in [-0.2, 0) is 31.1 Å². The lowest BCUT2D eigenvalue weighted by Gasteiger charge is -2.55. The predicted molar refractivity (Wildman–Crippen MR) is 188 cm³/mol. The van der Waals surface area contributed by atoms with Gasteiger partial charge in [0.05, 0.1) is 30.4 Å². The molecule has 3 aliphatic carbocycles. The molecule has 1 N–H and O–H groups in total. The Bertz CT molecular complexity index is 2020. The van der Waals surface area contributed by atoms with Crippen molar-refractivity contribution in [3.05, 3.63) is 155 Å². The lowest BCUT2D eigenvalue weighted by Crippen LogP contribution is -2.58. The van der Waals surface area contributed by atoms with Gasteiger partial charge in [-0.3, -0.25) is 24.1 Å². The average Bonchev–Trinajstić information content (AvgIpc) is 3.40. The number of hydrogen-bond donors (Lipinski definition) is 1. The summed E-state index contributed by atoms with van der Waals surface area (Å²) < 4.78 is 5.68. The third kappa shape index (κ3) is 4.99. The van der Waals surface area contributed by atoms with E-state index in [0.717, 1.165) is 22.3 Å². The predicted octanol–water partition coefficient (Wildman–Crippen LogP) is 6.08. The maximum absolute atomic E-state index is 15.1. The van der Waals surface area contributed by atoms with Crippen LogP contribution in [-0.4, -0.2) is 46.6 Å². The number of nitrogens with zero attached hydrogens (tertiary/aromatic N) is 1. The molecule has 4 aromatic rings. The number of aliphatic hydroxyl groups excluding tert-OH is 1. The van der Waals surface area contributed by atoms with Gasteiger partial charge in [-0.25, -0.2) is 0 Å². The summed E-state index contributed by atoms with van der Waals surface area (Å²) in [5.41, 5.74) is 3.14. The van der Waals surface area contributed by atoms with Crippen LogP contribution in [0.5, 0.6) is 5.75 Å². The normalized spacial score (nSPS) is 27.2. The van der Waals surface area contributed by atoms with Crippen molar-refractivity contribution in [2.75, 3.05) is 13.2 Å². The zero-order valence-corrected chi connectivity index (χ0v) is 27.5. The van der Waals surface area contributed by atoms with Gasteiger partial charge in [0.15, 0.2) is 11.6 Å². The minimum Gasteiger partial charge on any atom is -0.491 e. The van der Waals surface area contributed by atoms with Gasteiger partial charge < -0.3 is 9.84 Å². The zero-order valence-electron chi connectivity index (χ0n) is 27.5. The molecule has 1 saturated heterocycles. The molecule has 1 saturated carbocycles. The number of hydrogen-bond acceptors (Lipinski definition) is 6. The van der Waals surface area contributed by atoms with Gasteiger partial charge in [0, 0.05) is 17.4 Å². The molecule has 0 aromatic heterocycles. The minimum absolute atomic E-state index is 0.124. The number of ketones is 2. The number of imide groups is 1. The first kappa shape index (κ1) is 31.8. The van der Waals surface area contributed by atoms with Crippen molar-refractivity contribution in [3.63, 3.8) is 0 Å². The Morgan fingerprint density at radius 1 is 0.760 bits per heavy atom. The molecule has 1 aliphatic heterocycles. The highest BCUT2D eigenvalue weighted by Gasteiger charge is 2.65. The number of aliphatic hydroxyl groups is 1. The highest BCUT2D eigenvalue weighted by molar-refractivity contribution is 6.31.